The van der Waals surface area contributed by atoms with Crippen LogP contribution in [-0.2, 0) is 10.0 Å². The lowest BCUT2D eigenvalue weighted by atomic mass is 10.3. The van der Waals surface area contributed by atoms with Gasteiger partial charge in [0, 0.05) is 4.47 Å². The van der Waals surface area contributed by atoms with Crippen LogP contribution < -0.4 is 10.5 Å². The van der Waals surface area contributed by atoms with Gasteiger partial charge in [0.1, 0.15) is 4.90 Å². The first-order valence-electron chi connectivity index (χ1n) is 4.94. The molecule has 0 aliphatic rings. The molecule has 0 bridgehead atoms. The Balaban J connectivity index is 2.30. The molecule has 0 fully saturated rings. The molecule has 6 nitrogen and oxygen atoms in total. The predicted molar refractivity (Wildman–Crippen MR) is 76.4 cm³/mol. The Kier molecular flexibility index (Phi) is 3.93. The van der Waals surface area contributed by atoms with Crippen molar-refractivity contribution in [2.75, 3.05) is 10.5 Å². The Bertz CT molecular complexity index is 706. The van der Waals surface area contributed by atoms with Crippen LogP contribution in [0.15, 0.2) is 40.0 Å². The molecule has 3 N–H and O–H groups in total. The third kappa shape index (κ3) is 3.34. The maximum Gasteiger partial charge on any atom is 0.264 e. The number of hydrogen-bond donors (Lipinski definition) is 2. The van der Waals surface area contributed by atoms with Gasteiger partial charge >= 0.3 is 0 Å². The third-order valence-corrected chi connectivity index (χ3v) is 4.70. The van der Waals surface area contributed by atoms with Crippen molar-refractivity contribution in [2.24, 2.45) is 0 Å². The van der Waals surface area contributed by atoms with Crippen LogP contribution in [0.5, 0.6) is 0 Å². The van der Waals surface area contributed by atoms with Gasteiger partial charge in [0.25, 0.3) is 10.0 Å². The van der Waals surface area contributed by atoms with E-state index in [1.165, 1.54) is 6.07 Å². The minimum Gasteiger partial charge on any atom is -0.368 e. The number of benzene rings is 1. The Morgan fingerprint density at radius 1 is 1.26 bits per heavy atom. The fraction of sp³-hybridized carbons (Fsp3) is 0. The van der Waals surface area contributed by atoms with Crippen LogP contribution in [-0.4, -0.2) is 18.4 Å². The highest BCUT2D eigenvalue weighted by molar-refractivity contribution is 9.10. The van der Waals surface area contributed by atoms with Gasteiger partial charge in [-0.3, -0.25) is 4.72 Å². The minimum absolute atomic E-state index is 0.00522. The lowest BCUT2D eigenvalue weighted by molar-refractivity contribution is 0.600. The van der Waals surface area contributed by atoms with Crippen LogP contribution in [0.4, 0.5) is 11.6 Å². The predicted octanol–water partition coefficient (Wildman–Crippen LogP) is 2.28. The molecular formula is C10H8BrClN4O2S. The number of nitrogens with two attached hydrogens (primary N) is 1. The number of rotatable bonds is 3. The van der Waals surface area contributed by atoms with Gasteiger partial charge in [-0.15, -0.1) is 0 Å². The molecule has 100 valence electrons. The van der Waals surface area contributed by atoms with E-state index in [1.807, 2.05) is 0 Å². The van der Waals surface area contributed by atoms with Crippen LogP contribution in [0.1, 0.15) is 0 Å². The molecule has 0 aliphatic carbocycles. The molecule has 0 unspecified atom stereocenters. The third-order valence-electron chi connectivity index (χ3n) is 2.13. The summed E-state index contributed by atoms with van der Waals surface area (Å²) in [6.45, 7) is 0. The average molecular weight is 364 g/mol. The topological polar surface area (TPSA) is 98.0 Å². The molecule has 19 heavy (non-hydrogen) atoms. The van der Waals surface area contributed by atoms with E-state index >= 15 is 0 Å². The summed E-state index contributed by atoms with van der Waals surface area (Å²) < 4.78 is 27.1. The van der Waals surface area contributed by atoms with Crippen LogP contribution in [0.3, 0.4) is 0 Å². The fourth-order valence-corrected chi connectivity index (χ4v) is 2.60. The molecule has 2 rings (SSSR count). The van der Waals surface area contributed by atoms with E-state index < -0.39 is 10.0 Å². The first-order valence-corrected chi connectivity index (χ1v) is 7.59. The lowest BCUT2D eigenvalue weighted by Gasteiger charge is -2.08. The van der Waals surface area contributed by atoms with E-state index in [1.54, 1.807) is 12.1 Å². The Morgan fingerprint density at radius 2 is 1.89 bits per heavy atom. The quantitative estimate of drug-likeness (QED) is 0.871. The molecule has 0 saturated heterocycles. The molecular weight excluding hydrogens is 356 g/mol. The summed E-state index contributed by atoms with van der Waals surface area (Å²) in [7, 11) is -3.76. The normalized spacial score (nSPS) is 11.3. The lowest BCUT2D eigenvalue weighted by Crippen LogP contribution is -2.14. The molecule has 9 heteroatoms. The largest absolute Gasteiger partial charge is 0.368 e. The van der Waals surface area contributed by atoms with Crippen molar-refractivity contribution in [1.29, 1.82) is 0 Å². The number of hydrogen-bond acceptors (Lipinski definition) is 5. The van der Waals surface area contributed by atoms with Crippen LogP contribution >= 0.6 is 27.5 Å². The summed E-state index contributed by atoms with van der Waals surface area (Å²) in [5.41, 5.74) is 5.64. The molecule has 1 aromatic heterocycles. The zero-order valence-corrected chi connectivity index (χ0v) is 12.5. The van der Waals surface area contributed by atoms with Gasteiger partial charge in [-0.2, -0.15) is 0 Å². The minimum atomic E-state index is -3.76. The molecule has 0 spiro atoms. The summed E-state index contributed by atoms with van der Waals surface area (Å²) in [5.74, 6) is 0.00522. The van der Waals surface area contributed by atoms with E-state index in [9.17, 15) is 8.42 Å². The van der Waals surface area contributed by atoms with Crippen molar-refractivity contribution in [3.8, 4) is 0 Å². The summed E-state index contributed by atoms with van der Waals surface area (Å²) in [5, 5.41) is 0.397. The number of sulfonamides is 1. The smallest absolute Gasteiger partial charge is 0.264 e. The second-order valence-corrected chi connectivity index (χ2v) is 6.46. The molecule has 0 radical (unpaired) electrons. The zero-order chi connectivity index (χ0) is 14.0. The molecule has 1 heterocycles. The van der Waals surface area contributed by atoms with Crippen LogP contribution in [0.2, 0.25) is 5.02 Å². The maximum atomic E-state index is 12.0. The molecule has 0 aliphatic heterocycles. The van der Waals surface area contributed by atoms with Gasteiger partial charge in [-0.25, -0.2) is 18.4 Å². The zero-order valence-electron chi connectivity index (χ0n) is 9.34. The maximum absolute atomic E-state index is 12.0. The summed E-state index contributed by atoms with van der Waals surface area (Å²) in [6, 6.07) is 4.70. The Labute approximate surface area is 123 Å². The highest BCUT2D eigenvalue weighted by atomic mass is 79.9. The van der Waals surface area contributed by atoms with E-state index in [4.69, 9.17) is 17.3 Å². The fourth-order valence-electron chi connectivity index (χ4n) is 1.24. The number of nitrogens with zero attached hydrogens (tertiary/aromatic N) is 2. The highest BCUT2D eigenvalue weighted by Crippen LogP contribution is 2.26. The average Bonchev–Trinajstić information content (AvgIpc) is 2.34. The van der Waals surface area contributed by atoms with Crippen molar-refractivity contribution in [3.05, 3.63) is 40.1 Å². The van der Waals surface area contributed by atoms with Crippen molar-refractivity contribution in [2.45, 2.75) is 4.90 Å². The summed E-state index contributed by atoms with van der Waals surface area (Å²) >= 11 is 9.11. The van der Waals surface area contributed by atoms with Crippen molar-refractivity contribution in [3.63, 3.8) is 0 Å². The van der Waals surface area contributed by atoms with E-state index in [-0.39, 0.29) is 10.8 Å². The van der Waals surface area contributed by atoms with Crippen molar-refractivity contribution < 1.29 is 8.42 Å². The molecule has 0 amide bonds. The first kappa shape index (κ1) is 14.0. The molecule has 1 aromatic carbocycles. The van der Waals surface area contributed by atoms with Gasteiger partial charge in [-0.1, -0.05) is 11.6 Å². The number of anilines is 2. The standard InChI is InChI=1S/C10H8BrClN4O2S/c11-8-2-1-6(3-9(8)12)16-19(17,18)7-4-14-10(13)15-5-7/h1-5,16H,(H2,13,14,15). The number of nitrogens with one attached hydrogen (secondary N) is 1. The monoisotopic (exact) mass is 362 g/mol. The second-order valence-electron chi connectivity index (χ2n) is 3.51. The first-order chi connectivity index (χ1) is 8.88. The molecule has 0 saturated carbocycles. The number of halogens is 2. The van der Waals surface area contributed by atoms with Crippen molar-refractivity contribution >= 4 is 49.2 Å². The van der Waals surface area contributed by atoms with E-state index in [0.29, 0.717) is 15.2 Å². The Hall–Kier alpha value is -1.38. The molecule has 2 aromatic rings. The van der Waals surface area contributed by atoms with Gasteiger partial charge in [0.2, 0.25) is 5.95 Å². The van der Waals surface area contributed by atoms with Crippen LogP contribution in [0, 0.1) is 0 Å². The van der Waals surface area contributed by atoms with E-state index in [2.05, 4.69) is 30.6 Å². The van der Waals surface area contributed by atoms with E-state index in [0.717, 1.165) is 12.4 Å². The van der Waals surface area contributed by atoms with Crippen molar-refractivity contribution in [1.82, 2.24) is 9.97 Å². The van der Waals surface area contributed by atoms with Gasteiger partial charge in [0.05, 0.1) is 23.1 Å². The summed E-state index contributed by atoms with van der Waals surface area (Å²) in [6.07, 6.45) is 2.26. The molecule has 0 atom stereocenters. The number of aromatic nitrogens is 2. The Morgan fingerprint density at radius 3 is 2.47 bits per heavy atom. The highest BCUT2D eigenvalue weighted by Gasteiger charge is 2.15. The SMILES string of the molecule is Nc1ncc(S(=O)(=O)Nc2ccc(Br)c(Cl)c2)cn1. The van der Waals surface area contributed by atoms with Gasteiger partial charge in [-0.05, 0) is 34.1 Å². The number of nitrogen functional groups attached to an aromatic ring is 1. The van der Waals surface area contributed by atoms with Crippen LogP contribution in [0.25, 0.3) is 0 Å². The van der Waals surface area contributed by atoms with Gasteiger partial charge in [0.15, 0.2) is 0 Å². The summed E-state index contributed by atoms with van der Waals surface area (Å²) in [4.78, 5) is 7.18. The van der Waals surface area contributed by atoms with Gasteiger partial charge < -0.3 is 5.73 Å². The second kappa shape index (κ2) is 5.32.